The molecule has 112 valence electrons. The van der Waals surface area contributed by atoms with Crippen molar-refractivity contribution in [3.63, 3.8) is 0 Å². The van der Waals surface area contributed by atoms with Crippen LogP contribution in [0.5, 0.6) is 0 Å². The van der Waals surface area contributed by atoms with E-state index in [2.05, 4.69) is 37.8 Å². The van der Waals surface area contributed by atoms with E-state index in [0.29, 0.717) is 22.4 Å². The van der Waals surface area contributed by atoms with Crippen LogP contribution in [0.1, 0.15) is 33.3 Å². The highest BCUT2D eigenvalue weighted by atomic mass is 35.5. The highest BCUT2D eigenvalue weighted by Gasteiger charge is 2.14. The Labute approximate surface area is 126 Å². The monoisotopic (exact) mass is 297 g/mol. The van der Waals surface area contributed by atoms with Crippen molar-refractivity contribution in [1.29, 1.82) is 0 Å². The molecule has 3 N–H and O–H groups in total. The molecule has 0 aromatic heterocycles. The summed E-state index contributed by atoms with van der Waals surface area (Å²) < 4.78 is 0. The topological polar surface area (TPSA) is 61.8 Å². The Morgan fingerprint density at radius 3 is 2.20 bits per heavy atom. The summed E-state index contributed by atoms with van der Waals surface area (Å²) in [7, 11) is 0. The fourth-order valence-corrected chi connectivity index (χ4v) is 2.43. The van der Waals surface area contributed by atoms with Crippen molar-refractivity contribution < 1.29 is 5.21 Å². The third kappa shape index (κ3) is 4.60. The summed E-state index contributed by atoms with van der Waals surface area (Å²) in [6, 6.07) is 5.49. The Hall–Kier alpha value is -1.42. The third-order valence-corrected chi connectivity index (χ3v) is 3.17. The molecule has 1 aromatic carbocycles. The SMILES string of the molecule is CC(C)CN(CC(C)C)c1ccc(C(N)=NO)cc1Cl. The molecule has 0 unspecified atom stereocenters. The Bertz CT molecular complexity index is 462. The molecule has 0 aliphatic heterocycles. The fraction of sp³-hybridized carbons (Fsp3) is 0.533. The van der Waals surface area contributed by atoms with E-state index in [1.807, 2.05) is 12.1 Å². The fourth-order valence-electron chi connectivity index (χ4n) is 2.13. The zero-order valence-electron chi connectivity index (χ0n) is 12.6. The molecule has 0 aliphatic carbocycles. The molecule has 0 fully saturated rings. The van der Waals surface area contributed by atoms with E-state index >= 15 is 0 Å². The van der Waals surface area contributed by atoms with E-state index < -0.39 is 0 Å². The van der Waals surface area contributed by atoms with E-state index in [1.165, 1.54) is 0 Å². The highest BCUT2D eigenvalue weighted by Crippen LogP contribution is 2.28. The standard InChI is InChI=1S/C15H24ClN3O/c1-10(2)8-19(9-11(3)4)14-6-5-12(7-13(14)16)15(17)18-20/h5-7,10-11,20H,8-9H2,1-4H3,(H2,17,18). The van der Waals surface area contributed by atoms with Gasteiger partial charge in [-0.1, -0.05) is 44.5 Å². The summed E-state index contributed by atoms with van der Waals surface area (Å²) in [4.78, 5) is 2.29. The smallest absolute Gasteiger partial charge is 0.170 e. The average Bonchev–Trinajstić information content (AvgIpc) is 2.35. The number of oxime groups is 1. The first-order valence-electron chi connectivity index (χ1n) is 6.87. The number of anilines is 1. The van der Waals surface area contributed by atoms with Gasteiger partial charge in [-0.05, 0) is 30.0 Å². The second-order valence-electron chi connectivity index (χ2n) is 5.84. The summed E-state index contributed by atoms with van der Waals surface area (Å²) in [6.45, 7) is 10.6. The maximum absolute atomic E-state index is 8.70. The van der Waals surface area contributed by atoms with Gasteiger partial charge in [0, 0.05) is 18.7 Å². The number of benzene rings is 1. The molecule has 0 spiro atoms. The molecule has 0 saturated heterocycles. The van der Waals surface area contributed by atoms with Crippen LogP contribution in [0.25, 0.3) is 0 Å². The number of hydrogen-bond donors (Lipinski definition) is 2. The molecule has 20 heavy (non-hydrogen) atoms. The molecule has 5 heteroatoms. The van der Waals surface area contributed by atoms with Gasteiger partial charge in [0.15, 0.2) is 5.84 Å². The average molecular weight is 298 g/mol. The Balaban J connectivity index is 3.07. The molecule has 0 aliphatic rings. The first kappa shape index (κ1) is 16.6. The summed E-state index contributed by atoms with van der Waals surface area (Å²) >= 11 is 6.36. The van der Waals surface area contributed by atoms with Crippen LogP contribution in [0.3, 0.4) is 0 Å². The molecule has 0 bridgehead atoms. The van der Waals surface area contributed by atoms with Crippen LogP contribution in [0, 0.1) is 11.8 Å². The minimum absolute atomic E-state index is 0.0673. The van der Waals surface area contributed by atoms with Crippen molar-refractivity contribution in [3.8, 4) is 0 Å². The van der Waals surface area contributed by atoms with E-state index in [-0.39, 0.29) is 5.84 Å². The number of halogens is 1. The third-order valence-electron chi connectivity index (χ3n) is 2.86. The van der Waals surface area contributed by atoms with E-state index in [4.69, 9.17) is 22.5 Å². The van der Waals surface area contributed by atoms with E-state index in [0.717, 1.165) is 18.8 Å². The maximum atomic E-state index is 8.70. The Kier molecular flexibility index (Phi) is 6.14. The first-order valence-corrected chi connectivity index (χ1v) is 7.25. The number of nitrogens with zero attached hydrogens (tertiary/aromatic N) is 2. The molecule has 0 radical (unpaired) electrons. The summed E-state index contributed by atoms with van der Waals surface area (Å²) in [6.07, 6.45) is 0. The number of rotatable bonds is 6. The predicted octanol–water partition coefficient (Wildman–Crippen LogP) is 3.55. The Morgan fingerprint density at radius 2 is 1.80 bits per heavy atom. The zero-order chi connectivity index (χ0) is 15.3. The van der Waals surface area contributed by atoms with Crippen LogP contribution in [0.15, 0.2) is 23.4 Å². The lowest BCUT2D eigenvalue weighted by Crippen LogP contribution is -2.31. The second kappa shape index (κ2) is 7.39. The van der Waals surface area contributed by atoms with Crippen molar-refractivity contribution in [1.82, 2.24) is 0 Å². The minimum Gasteiger partial charge on any atom is -0.409 e. The van der Waals surface area contributed by atoms with Crippen molar-refractivity contribution >= 4 is 23.1 Å². The van der Waals surface area contributed by atoms with Crippen molar-refractivity contribution in [2.45, 2.75) is 27.7 Å². The van der Waals surface area contributed by atoms with Gasteiger partial charge in [0.05, 0.1) is 10.7 Å². The lowest BCUT2D eigenvalue weighted by Gasteiger charge is -2.29. The van der Waals surface area contributed by atoms with Gasteiger partial charge in [0.25, 0.3) is 0 Å². The summed E-state index contributed by atoms with van der Waals surface area (Å²) in [5.74, 6) is 1.17. The first-order chi connectivity index (χ1) is 9.35. The molecule has 4 nitrogen and oxygen atoms in total. The van der Waals surface area contributed by atoms with Crippen molar-refractivity contribution in [2.24, 2.45) is 22.7 Å². The zero-order valence-corrected chi connectivity index (χ0v) is 13.4. The molecular formula is C15H24ClN3O. The molecular weight excluding hydrogens is 274 g/mol. The van der Waals surface area contributed by atoms with Gasteiger partial charge in [0.1, 0.15) is 0 Å². The molecule has 0 saturated carbocycles. The quantitative estimate of drug-likeness (QED) is 0.365. The van der Waals surface area contributed by atoms with Crippen LogP contribution in [-0.2, 0) is 0 Å². The van der Waals surface area contributed by atoms with Gasteiger partial charge in [-0.3, -0.25) is 0 Å². The maximum Gasteiger partial charge on any atom is 0.170 e. The normalized spacial score (nSPS) is 12.2. The van der Waals surface area contributed by atoms with Crippen molar-refractivity contribution in [2.75, 3.05) is 18.0 Å². The number of amidine groups is 1. The number of hydrogen-bond acceptors (Lipinski definition) is 3. The summed E-state index contributed by atoms with van der Waals surface area (Å²) in [5.41, 5.74) is 7.19. The van der Waals surface area contributed by atoms with Crippen LogP contribution < -0.4 is 10.6 Å². The molecule has 1 rings (SSSR count). The van der Waals surface area contributed by atoms with Gasteiger partial charge in [-0.15, -0.1) is 0 Å². The predicted molar refractivity (Wildman–Crippen MR) is 85.9 cm³/mol. The van der Waals surface area contributed by atoms with Crippen LogP contribution >= 0.6 is 11.6 Å². The molecule has 0 atom stereocenters. The molecule has 1 aromatic rings. The van der Waals surface area contributed by atoms with Gasteiger partial charge in [-0.2, -0.15) is 0 Å². The minimum atomic E-state index is 0.0673. The number of nitrogens with two attached hydrogens (primary N) is 1. The second-order valence-corrected chi connectivity index (χ2v) is 6.25. The van der Waals surface area contributed by atoms with Crippen LogP contribution in [0.4, 0.5) is 5.69 Å². The Morgan fingerprint density at radius 1 is 1.25 bits per heavy atom. The van der Waals surface area contributed by atoms with Crippen LogP contribution in [0.2, 0.25) is 5.02 Å². The van der Waals surface area contributed by atoms with Crippen molar-refractivity contribution in [3.05, 3.63) is 28.8 Å². The van der Waals surface area contributed by atoms with Gasteiger partial charge < -0.3 is 15.8 Å². The highest BCUT2D eigenvalue weighted by molar-refractivity contribution is 6.33. The lowest BCUT2D eigenvalue weighted by molar-refractivity contribution is 0.318. The van der Waals surface area contributed by atoms with Gasteiger partial charge in [-0.25, -0.2) is 0 Å². The van der Waals surface area contributed by atoms with E-state index in [1.54, 1.807) is 6.07 Å². The largest absolute Gasteiger partial charge is 0.409 e. The summed E-state index contributed by atoms with van der Waals surface area (Å²) in [5, 5.41) is 12.3. The van der Waals surface area contributed by atoms with E-state index in [9.17, 15) is 0 Å². The van der Waals surface area contributed by atoms with Crippen LogP contribution in [-0.4, -0.2) is 24.1 Å². The van der Waals surface area contributed by atoms with Gasteiger partial charge >= 0.3 is 0 Å². The molecule has 0 heterocycles. The van der Waals surface area contributed by atoms with Gasteiger partial charge in [0.2, 0.25) is 0 Å². The molecule has 0 amide bonds. The lowest BCUT2D eigenvalue weighted by atomic mass is 10.1.